The van der Waals surface area contributed by atoms with Gasteiger partial charge in [0.15, 0.2) is 11.5 Å². The Bertz CT molecular complexity index is 1110. The summed E-state index contributed by atoms with van der Waals surface area (Å²) in [7, 11) is -0.928. The smallest absolute Gasteiger partial charge is 0.244 e. The Labute approximate surface area is 208 Å². The van der Waals surface area contributed by atoms with Crippen LogP contribution in [0.2, 0.25) is 0 Å². The summed E-state index contributed by atoms with van der Waals surface area (Å²) >= 11 is 0. The molecule has 0 aliphatic carbocycles. The number of carbonyl (C=O) groups is 2. The van der Waals surface area contributed by atoms with Crippen molar-refractivity contribution in [1.82, 2.24) is 10.2 Å². The van der Waals surface area contributed by atoms with Gasteiger partial charge in [-0.25, -0.2) is 8.42 Å². The molecular formula is C25H35N3O6S. The second-order valence-corrected chi connectivity index (χ2v) is 10.3. The number of ether oxygens (including phenoxy) is 2. The van der Waals surface area contributed by atoms with E-state index >= 15 is 0 Å². The molecule has 0 aliphatic heterocycles. The summed E-state index contributed by atoms with van der Waals surface area (Å²) in [6, 6.07) is 13.0. The molecule has 0 heterocycles. The van der Waals surface area contributed by atoms with Crippen LogP contribution in [-0.4, -0.2) is 64.2 Å². The van der Waals surface area contributed by atoms with Crippen molar-refractivity contribution < 1.29 is 27.5 Å². The Balaban J connectivity index is 2.46. The van der Waals surface area contributed by atoms with Gasteiger partial charge in [-0.05, 0) is 38.0 Å². The van der Waals surface area contributed by atoms with Gasteiger partial charge in [0.05, 0.1) is 26.2 Å². The van der Waals surface area contributed by atoms with Gasteiger partial charge in [-0.2, -0.15) is 0 Å². The number of rotatable bonds is 12. The van der Waals surface area contributed by atoms with Gasteiger partial charge in [-0.15, -0.1) is 0 Å². The summed E-state index contributed by atoms with van der Waals surface area (Å²) in [4.78, 5) is 28.0. The molecule has 0 saturated carbocycles. The number of methoxy groups -OCH3 is 2. The van der Waals surface area contributed by atoms with E-state index in [1.807, 2.05) is 51.1 Å². The van der Waals surface area contributed by atoms with Crippen LogP contribution in [0.25, 0.3) is 0 Å². The molecule has 192 valence electrons. The van der Waals surface area contributed by atoms with Gasteiger partial charge in [0.2, 0.25) is 21.8 Å². The summed E-state index contributed by atoms with van der Waals surface area (Å²) in [5.74, 6) is -0.0308. The van der Waals surface area contributed by atoms with Crippen molar-refractivity contribution in [1.29, 1.82) is 0 Å². The minimum atomic E-state index is -3.85. The molecule has 0 fully saturated rings. The lowest BCUT2D eigenvalue weighted by molar-refractivity contribution is -0.140. The quantitative estimate of drug-likeness (QED) is 0.476. The highest BCUT2D eigenvalue weighted by Gasteiger charge is 2.32. The van der Waals surface area contributed by atoms with Crippen LogP contribution in [-0.2, 0) is 26.2 Å². The number of nitrogens with zero attached hydrogens (tertiary/aromatic N) is 2. The lowest BCUT2D eigenvalue weighted by atomic mass is 10.1. The van der Waals surface area contributed by atoms with Crippen LogP contribution in [0, 0.1) is 0 Å². The van der Waals surface area contributed by atoms with Crippen molar-refractivity contribution in [2.24, 2.45) is 0 Å². The van der Waals surface area contributed by atoms with Crippen LogP contribution in [0.15, 0.2) is 48.5 Å². The SMILES string of the molecule is CC[C@H](C(=O)NC(C)C)N(Cc1ccccc1)C(=O)CN(c1ccc(OC)c(OC)c1)S(C)(=O)=O. The van der Waals surface area contributed by atoms with E-state index < -0.39 is 28.5 Å². The molecule has 2 amide bonds. The van der Waals surface area contributed by atoms with Crippen molar-refractivity contribution in [3.63, 3.8) is 0 Å². The fourth-order valence-electron chi connectivity index (χ4n) is 3.67. The molecule has 0 radical (unpaired) electrons. The van der Waals surface area contributed by atoms with E-state index in [9.17, 15) is 18.0 Å². The predicted molar refractivity (Wildman–Crippen MR) is 136 cm³/mol. The van der Waals surface area contributed by atoms with Crippen LogP contribution in [0.5, 0.6) is 11.5 Å². The molecule has 2 rings (SSSR count). The number of hydrogen-bond donors (Lipinski definition) is 1. The molecule has 9 nitrogen and oxygen atoms in total. The number of benzene rings is 2. The minimum Gasteiger partial charge on any atom is -0.493 e. The fourth-order valence-corrected chi connectivity index (χ4v) is 4.52. The second kappa shape index (κ2) is 12.4. The van der Waals surface area contributed by atoms with Crippen molar-refractivity contribution in [3.8, 4) is 11.5 Å². The Morgan fingerprint density at radius 3 is 2.14 bits per heavy atom. The van der Waals surface area contributed by atoms with Gasteiger partial charge in [-0.3, -0.25) is 13.9 Å². The molecule has 2 aromatic carbocycles. The summed E-state index contributed by atoms with van der Waals surface area (Å²) in [6.45, 7) is 5.19. The Hall–Kier alpha value is -3.27. The maximum Gasteiger partial charge on any atom is 0.244 e. The van der Waals surface area contributed by atoms with Gasteiger partial charge in [0, 0.05) is 18.7 Å². The number of carbonyl (C=O) groups excluding carboxylic acids is 2. The molecule has 0 saturated heterocycles. The number of hydrogen-bond acceptors (Lipinski definition) is 6. The van der Waals surface area contributed by atoms with E-state index in [2.05, 4.69) is 5.32 Å². The molecule has 0 unspecified atom stereocenters. The van der Waals surface area contributed by atoms with Gasteiger partial charge in [-0.1, -0.05) is 37.3 Å². The first-order valence-electron chi connectivity index (χ1n) is 11.3. The molecule has 0 bridgehead atoms. The Kier molecular flexibility index (Phi) is 9.94. The van der Waals surface area contributed by atoms with E-state index in [0.717, 1.165) is 16.1 Å². The van der Waals surface area contributed by atoms with Gasteiger partial charge in [0.1, 0.15) is 12.6 Å². The molecule has 0 aliphatic rings. The fraction of sp³-hybridized carbons (Fsp3) is 0.440. The summed E-state index contributed by atoms with van der Waals surface area (Å²) in [5.41, 5.74) is 1.08. The standard InChI is InChI=1S/C25H35N3O6S/c1-7-21(25(30)26-18(2)3)27(16-19-11-9-8-10-12-19)24(29)17-28(35(6,31)32)20-13-14-22(33-4)23(15-20)34-5/h8-15,18,21H,7,16-17H2,1-6H3,(H,26,30)/t21-/m1/s1. The highest BCUT2D eigenvalue weighted by atomic mass is 32.2. The minimum absolute atomic E-state index is 0.107. The zero-order chi connectivity index (χ0) is 26.2. The molecule has 0 aromatic heterocycles. The molecule has 10 heteroatoms. The van der Waals surface area contributed by atoms with E-state index in [1.165, 1.54) is 25.2 Å². The molecular weight excluding hydrogens is 470 g/mol. The normalized spacial score (nSPS) is 12.1. The monoisotopic (exact) mass is 505 g/mol. The van der Waals surface area contributed by atoms with Crippen LogP contribution < -0.4 is 19.1 Å². The Morgan fingerprint density at radius 2 is 1.63 bits per heavy atom. The van der Waals surface area contributed by atoms with Gasteiger partial charge < -0.3 is 19.7 Å². The van der Waals surface area contributed by atoms with E-state index in [0.29, 0.717) is 17.9 Å². The highest BCUT2D eigenvalue weighted by molar-refractivity contribution is 7.92. The molecule has 2 aromatic rings. The third-order valence-electron chi connectivity index (χ3n) is 5.35. The third-order valence-corrected chi connectivity index (χ3v) is 6.49. The average molecular weight is 506 g/mol. The first-order valence-corrected chi connectivity index (χ1v) is 13.2. The predicted octanol–water partition coefficient (Wildman–Crippen LogP) is 2.80. The van der Waals surface area contributed by atoms with Crippen LogP contribution >= 0.6 is 0 Å². The Morgan fingerprint density at radius 1 is 1.00 bits per heavy atom. The lowest BCUT2D eigenvalue weighted by Gasteiger charge is -2.33. The zero-order valence-corrected chi connectivity index (χ0v) is 22.0. The van der Waals surface area contributed by atoms with Crippen molar-refractivity contribution in [2.75, 3.05) is 31.3 Å². The maximum atomic E-state index is 13.6. The first kappa shape index (κ1) is 28.0. The number of sulfonamides is 1. The molecule has 1 atom stereocenters. The topological polar surface area (TPSA) is 105 Å². The second-order valence-electron chi connectivity index (χ2n) is 8.40. The highest BCUT2D eigenvalue weighted by Crippen LogP contribution is 2.32. The maximum absolute atomic E-state index is 13.6. The van der Waals surface area contributed by atoms with Crippen LogP contribution in [0.4, 0.5) is 5.69 Å². The third kappa shape index (κ3) is 7.61. The van der Waals surface area contributed by atoms with Gasteiger partial charge >= 0.3 is 0 Å². The average Bonchev–Trinajstić information content (AvgIpc) is 2.81. The summed E-state index contributed by atoms with van der Waals surface area (Å²) < 4.78 is 37.0. The van der Waals surface area contributed by atoms with E-state index in [-0.39, 0.29) is 24.2 Å². The zero-order valence-electron chi connectivity index (χ0n) is 21.1. The van der Waals surface area contributed by atoms with Crippen molar-refractivity contribution >= 4 is 27.5 Å². The molecule has 1 N–H and O–H groups in total. The lowest BCUT2D eigenvalue weighted by Crippen LogP contribution is -2.53. The van der Waals surface area contributed by atoms with E-state index in [4.69, 9.17) is 9.47 Å². The largest absolute Gasteiger partial charge is 0.493 e. The summed E-state index contributed by atoms with van der Waals surface area (Å²) in [5, 5.41) is 2.86. The number of anilines is 1. The van der Waals surface area contributed by atoms with Crippen LogP contribution in [0.1, 0.15) is 32.8 Å². The number of amides is 2. The summed E-state index contributed by atoms with van der Waals surface area (Å²) in [6.07, 6.45) is 1.40. The van der Waals surface area contributed by atoms with Gasteiger partial charge in [0.25, 0.3) is 0 Å². The van der Waals surface area contributed by atoms with Crippen molar-refractivity contribution in [2.45, 2.75) is 45.8 Å². The molecule has 35 heavy (non-hydrogen) atoms. The molecule has 0 spiro atoms. The van der Waals surface area contributed by atoms with E-state index in [1.54, 1.807) is 12.1 Å². The van der Waals surface area contributed by atoms with Crippen LogP contribution in [0.3, 0.4) is 0 Å². The number of nitrogens with one attached hydrogen (secondary N) is 1. The van der Waals surface area contributed by atoms with Crippen molar-refractivity contribution in [3.05, 3.63) is 54.1 Å². The first-order chi connectivity index (χ1) is 16.5.